The van der Waals surface area contributed by atoms with Crippen LogP contribution in [-0.2, 0) is 24.0 Å². The van der Waals surface area contributed by atoms with Gasteiger partial charge in [0, 0.05) is 6.54 Å². The number of aliphatic imine (C=N–C) groups is 1. The molecule has 0 rings (SSSR count). The van der Waals surface area contributed by atoms with E-state index in [1.165, 1.54) is 0 Å². The van der Waals surface area contributed by atoms with Crippen molar-refractivity contribution in [3.05, 3.63) is 0 Å². The zero-order chi connectivity index (χ0) is 27.8. The van der Waals surface area contributed by atoms with Gasteiger partial charge in [-0.3, -0.25) is 24.2 Å². The average Bonchev–Trinajstić information content (AvgIpc) is 2.77. The number of nitrogens with zero attached hydrogens (tertiary/aromatic N) is 1. The third-order valence-electron chi connectivity index (χ3n) is 4.94. The molecule has 0 aromatic rings. The molecule has 5 atom stereocenters. The number of unbranched alkanes of at least 4 members (excludes halogenated alkanes) is 1. The largest absolute Gasteiger partial charge is 0.481 e. The number of carboxylic acid groups (broad SMARTS) is 2. The summed E-state index contributed by atoms with van der Waals surface area (Å²) in [6.45, 7) is 1.69. The number of nitrogens with one attached hydrogen (secondary N) is 3. The number of hydrogen-bond donors (Lipinski definition) is 10. The smallest absolute Gasteiger partial charge is 0.328 e. The molecule has 3 amide bonds. The number of aliphatic hydroxyl groups excluding tert-OH is 1. The van der Waals surface area contributed by atoms with Crippen molar-refractivity contribution < 1.29 is 39.3 Å². The predicted molar refractivity (Wildman–Crippen MR) is 128 cm³/mol. The summed E-state index contributed by atoms with van der Waals surface area (Å²) in [7, 11) is 0. The van der Waals surface area contributed by atoms with E-state index >= 15 is 0 Å². The summed E-state index contributed by atoms with van der Waals surface area (Å²) in [5.41, 5.74) is 21.8. The van der Waals surface area contributed by atoms with Crippen molar-refractivity contribution in [2.24, 2.45) is 27.9 Å². The van der Waals surface area contributed by atoms with Crippen LogP contribution in [0.5, 0.6) is 0 Å². The molecule has 36 heavy (non-hydrogen) atoms. The lowest BCUT2D eigenvalue weighted by Gasteiger charge is -2.25. The third kappa shape index (κ3) is 13.4. The van der Waals surface area contributed by atoms with Crippen LogP contribution in [0, 0.1) is 0 Å². The summed E-state index contributed by atoms with van der Waals surface area (Å²) < 4.78 is 0. The highest BCUT2D eigenvalue weighted by Gasteiger charge is 2.32. The fourth-order valence-corrected chi connectivity index (χ4v) is 2.99. The SMILES string of the molecule is CC(O)C(NC(=O)C(CC(=O)O)NC(=O)C(CCCCN)NC(=O)C(N)CCCN=C(N)N)C(=O)O. The predicted octanol–water partition coefficient (Wildman–Crippen LogP) is -4.11. The fraction of sp³-hybridized carbons (Fsp3) is 0.700. The van der Waals surface area contributed by atoms with Gasteiger partial charge in [-0.05, 0) is 45.6 Å². The van der Waals surface area contributed by atoms with Gasteiger partial charge in [0.2, 0.25) is 17.7 Å². The summed E-state index contributed by atoms with van der Waals surface area (Å²) >= 11 is 0. The maximum atomic E-state index is 12.9. The van der Waals surface area contributed by atoms with Crippen molar-refractivity contribution in [1.29, 1.82) is 0 Å². The summed E-state index contributed by atoms with van der Waals surface area (Å²) in [5.74, 6) is -5.79. The van der Waals surface area contributed by atoms with Gasteiger partial charge in [0.1, 0.15) is 12.1 Å². The maximum absolute atomic E-state index is 12.9. The van der Waals surface area contributed by atoms with Gasteiger partial charge in [-0.1, -0.05) is 0 Å². The Hall–Kier alpha value is -3.50. The van der Waals surface area contributed by atoms with Crippen LogP contribution in [0.15, 0.2) is 4.99 Å². The molecule has 0 aliphatic rings. The minimum Gasteiger partial charge on any atom is -0.481 e. The number of carbonyl (C=O) groups is 5. The number of aliphatic hydroxyl groups is 1. The first-order valence-corrected chi connectivity index (χ1v) is 11.3. The number of aliphatic carboxylic acids is 2. The number of carbonyl (C=O) groups excluding carboxylic acids is 3. The summed E-state index contributed by atoms with van der Waals surface area (Å²) in [4.78, 5) is 64.2. The van der Waals surface area contributed by atoms with Crippen LogP contribution in [-0.4, -0.2) is 94.3 Å². The van der Waals surface area contributed by atoms with E-state index < -0.39 is 66.4 Å². The molecule has 0 spiro atoms. The minimum atomic E-state index is -1.73. The van der Waals surface area contributed by atoms with Crippen molar-refractivity contribution >= 4 is 35.6 Å². The average molecular weight is 519 g/mol. The Morgan fingerprint density at radius 1 is 0.861 bits per heavy atom. The highest BCUT2D eigenvalue weighted by atomic mass is 16.4. The van der Waals surface area contributed by atoms with Gasteiger partial charge in [0.15, 0.2) is 12.0 Å². The van der Waals surface area contributed by atoms with E-state index in [0.29, 0.717) is 25.8 Å². The van der Waals surface area contributed by atoms with Crippen LogP contribution in [0.4, 0.5) is 0 Å². The Kier molecular flexibility index (Phi) is 15.4. The molecule has 14 N–H and O–H groups in total. The van der Waals surface area contributed by atoms with Gasteiger partial charge in [-0.25, -0.2) is 4.79 Å². The van der Waals surface area contributed by atoms with E-state index in [4.69, 9.17) is 33.1 Å². The van der Waals surface area contributed by atoms with Crippen LogP contribution >= 0.6 is 0 Å². The molecule has 16 heteroatoms. The lowest BCUT2D eigenvalue weighted by Crippen LogP contribution is -2.58. The van der Waals surface area contributed by atoms with Crippen molar-refractivity contribution in [2.45, 2.75) is 75.7 Å². The first-order valence-electron chi connectivity index (χ1n) is 11.3. The quantitative estimate of drug-likeness (QED) is 0.0470. The molecule has 5 unspecified atom stereocenters. The summed E-state index contributed by atoms with van der Waals surface area (Å²) in [5, 5.41) is 34.5. The van der Waals surface area contributed by atoms with E-state index in [9.17, 15) is 29.1 Å². The fourth-order valence-electron chi connectivity index (χ4n) is 2.99. The molecular formula is C20H38N8O8. The topological polar surface area (TPSA) is 299 Å². The molecule has 0 aliphatic heterocycles. The van der Waals surface area contributed by atoms with Crippen molar-refractivity contribution in [3.8, 4) is 0 Å². The van der Waals surface area contributed by atoms with Crippen LogP contribution < -0.4 is 38.9 Å². The highest BCUT2D eigenvalue weighted by Crippen LogP contribution is 2.05. The molecule has 0 aromatic heterocycles. The van der Waals surface area contributed by atoms with E-state index in [2.05, 4.69) is 15.6 Å². The van der Waals surface area contributed by atoms with Gasteiger partial charge in [-0.15, -0.1) is 0 Å². The van der Waals surface area contributed by atoms with Crippen molar-refractivity contribution in [2.75, 3.05) is 13.1 Å². The number of carboxylic acids is 2. The zero-order valence-electron chi connectivity index (χ0n) is 20.2. The van der Waals surface area contributed by atoms with Crippen molar-refractivity contribution in [3.63, 3.8) is 0 Å². The van der Waals surface area contributed by atoms with Gasteiger partial charge in [-0.2, -0.15) is 0 Å². The van der Waals surface area contributed by atoms with Crippen LogP contribution in [0.25, 0.3) is 0 Å². The lowest BCUT2D eigenvalue weighted by molar-refractivity contribution is -0.146. The van der Waals surface area contributed by atoms with E-state index in [-0.39, 0.29) is 25.3 Å². The van der Waals surface area contributed by atoms with Crippen LogP contribution in [0.3, 0.4) is 0 Å². The Labute approximate surface area is 208 Å². The van der Waals surface area contributed by atoms with Gasteiger partial charge in [0.25, 0.3) is 0 Å². The Balaban J connectivity index is 5.43. The molecule has 0 bridgehead atoms. The molecule has 0 heterocycles. The van der Waals surface area contributed by atoms with Gasteiger partial charge in [0.05, 0.1) is 18.6 Å². The molecule has 0 radical (unpaired) electrons. The number of hydrogen-bond acceptors (Lipinski definition) is 9. The normalized spacial score (nSPS) is 14.9. The molecule has 0 aromatic carbocycles. The van der Waals surface area contributed by atoms with Gasteiger partial charge >= 0.3 is 11.9 Å². The Bertz CT molecular complexity index is 788. The lowest BCUT2D eigenvalue weighted by atomic mass is 10.1. The van der Waals surface area contributed by atoms with E-state index in [1.54, 1.807) is 0 Å². The second kappa shape index (κ2) is 17.0. The first kappa shape index (κ1) is 32.5. The number of amides is 3. The zero-order valence-corrected chi connectivity index (χ0v) is 20.2. The summed E-state index contributed by atoms with van der Waals surface area (Å²) in [6.07, 6.45) is -0.708. The Morgan fingerprint density at radius 3 is 1.94 bits per heavy atom. The monoisotopic (exact) mass is 518 g/mol. The molecule has 0 aliphatic carbocycles. The molecule has 0 saturated heterocycles. The molecule has 0 fully saturated rings. The van der Waals surface area contributed by atoms with E-state index in [0.717, 1.165) is 6.92 Å². The standard InChI is InChI=1S/C20H38N8O8/c1-10(29)15(19(35)36)28-18(34)13(9-14(30)31)27-17(33)12(6-2-3-7-21)26-16(32)11(22)5-4-8-25-20(23)24/h10-13,15,29H,2-9,21-22H2,1H3,(H,26,32)(H,27,33)(H,28,34)(H,30,31)(H,35,36)(H4,23,24,25). The molecule has 0 saturated carbocycles. The molecule has 16 nitrogen and oxygen atoms in total. The summed E-state index contributed by atoms with van der Waals surface area (Å²) in [6, 6.07) is -5.59. The molecule has 206 valence electrons. The maximum Gasteiger partial charge on any atom is 0.328 e. The minimum absolute atomic E-state index is 0.104. The third-order valence-corrected chi connectivity index (χ3v) is 4.94. The van der Waals surface area contributed by atoms with E-state index in [1.807, 2.05) is 5.32 Å². The molecular weight excluding hydrogens is 480 g/mol. The number of nitrogens with two attached hydrogens (primary N) is 4. The van der Waals surface area contributed by atoms with Gasteiger partial charge < -0.3 is 54.2 Å². The van der Waals surface area contributed by atoms with Crippen LogP contribution in [0.1, 0.15) is 45.4 Å². The highest BCUT2D eigenvalue weighted by molar-refractivity contribution is 5.95. The number of guanidine groups is 1. The van der Waals surface area contributed by atoms with Crippen molar-refractivity contribution in [1.82, 2.24) is 16.0 Å². The number of rotatable bonds is 18. The Morgan fingerprint density at radius 2 is 1.44 bits per heavy atom. The second-order valence-electron chi connectivity index (χ2n) is 8.13. The second-order valence-corrected chi connectivity index (χ2v) is 8.13. The first-order chi connectivity index (χ1) is 16.8. The van der Waals surface area contributed by atoms with Crippen LogP contribution in [0.2, 0.25) is 0 Å².